The Morgan fingerprint density at radius 1 is 1.05 bits per heavy atom. The zero-order valence-corrected chi connectivity index (χ0v) is 14.5. The monoisotopic (exact) mass is 320 g/mol. The lowest BCUT2D eigenvalue weighted by molar-refractivity contribution is 0.482. The summed E-state index contributed by atoms with van der Waals surface area (Å²) >= 11 is 0. The highest BCUT2D eigenvalue weighted by molar-refractivity contribution is 7.85. The molecule has 3 nitrogen and oxygen atoms in total. The molecule has 0 atom stereocenters. The van der Waals surface area contributed by atoms with E-state index in [0.717, 1.165) is 21.9 Å². The van der Waals surface area contributed by atoms with Crippen molar-refractivity contribution in [3.63, 3.8) is 0 Å². The molecular formula is C16H20O3SSi. The molecule has 0 amide bonds. The fraction of sp³-hybridized carbons (Fsp3) is 0.250. The van der Waals surface area contributed by atoms with Crippen LogP contribution in [0.25, 0.3) is 0 Å². The van der Waals surface area contributed by atoms with E-state index in [9.17, 15) is 13.0 Å². The Labute approximate surface area is 128 Å². The van der Waals surface area contributed by atoms with Crippen molar-refractivity contribution in [1.82, 2.24) is 0 Å². The minimum absolute atomic E-state index is 0.0492. The zero-order chi connectivity index (χ0) is 15.6. The molecule has 5 heteroatoms. The quantitative estimate of drug-likeness (QED) is 0.696. The molecule has 0 radical (unpaired) electrons. The van der Waals surface area contributed by atoms with Gasteiger partial charge in [-0.05, 0) is 30.5 Å². The summed E-state index contributed by atoms with van der Waals surface area (Å²) in [5.74, 6) is 0. The lowest BCUT2D eigenvalue weighted by atomic mass is 10.0. The van der Waals surface area contributed by atoms with Crippen molar-refractivity contribution in [3.8, 4) is 0 Å². The van der Waals surface area contributed by atoms with Crippen molar-refractivity contribution >= 4 is 24.1 Å². The molecule has 0 unspecified atom stereocenters. The summed E-state index contributed by atoms with van der Waals surface area (Å²) in [4.78, 5) is 0.0492. The summed E-state index contributed by atoms with van der Waals surface area (Å²) in [6.07, 6.45) is 0.526. The largest absolute Gasteiger partial charge is 0.294 e. The lowest BCUT2D eigenvalue weighted by Crippen LogP contribution is -2.31. The van der Waals surface area contributed by atoms with Crippen LogP contribution in [0.4, 0.5) is 0 Å². The van der Waals surface area contributed by atoms with Crippen molar-refractivity contribution in [2.45, 2.75) is 31.3 Å². The SMILES string of the molecule is Cc1ccc(S(=O)(=O)O)c(Cc2ccccc2)c1[SiH](C)C. The van der Waals surface area contributed by atoms with Crippen LogP contribution in [0.1, 0.15) is 16.7 Å². The Morgan fingerprint density at radius 2 is 1.67 bits per heavy atom. The normalized spacial score (nSPS) is 11.9. The molecule has 2 aromatic rings. The molecule has 0 fully saturated rings. The number of benzene rings is 2. The minimum Gasteiger partial charge on any atom is -0.282 e. The molecule has 0 heterocycles. The molecule has 0 saturated carbocycles. The third kappa shape index (κ3) is 3.61. The van der Waals surface area contributed by atoms with Crippen LogP contribution in [0.15, 0.2) is 47.4 Å². The highest BCUT2D eigenvalue weighted by Crippen LogP contribution is 2.20. The standard InChI is InChI=1S/C16H20O3SSi/c1-12-9-10-15(20(17,18)19)14(16(12)21(2)3)11-13-7-5-4-6-8-13/h4-10,21H,11H2,1-3H3,(H,17,18,19). The molecule has 0 bridgehead atoms. The Bertz CT molecular complexity index is 738. The van der Waals surface area contributed by atoms with Crippen molar-refractivity contribution in [3.05, 3.63) is 59.2 Å². The van der Waals surface area contributed by atoms with E-state index in [-0.39, 0.29) is 4.90 Å². The molecule has 0 aliphatic carbocycles. The summed E-state index contributed by atoms with van der Waals surface area (Å²) in [6, 6.07) is 13.1. The van der Waals surface area contributed by atoms with Gasteiger partial charge in [-0.3, -0.25) is 4.55 Å². The smallest absolute Gasteiger partial charge is 0.282 e. The van der Waals surface area contributed by atoms with Gasteiger partial charge in [0.2, 0.25) is 0 Å². The molecule has 1 N–H and O–H groups in total. The van der Waals surface area contributed by atoms with Crippen LogP contribution < -0.4 is 5.19 Å². The van der Waals surface area contributed by atoms with E-state index in [1.54, 1.807) is 6.07 Å². The van der Waals surface area contributed by atoms with Gasteiger partial charge in [-0.1, -0.05) is 60.2 Å². The van der Waals surface area contributed by atoms with Crippen LogP contribution in [0.3, 0.4) is 0 Å². The Hall–Kier alpha value is -1.43. The van der Waals surface area contributed by atoms with E-state index >= 15 is 0 Å². The fourth-order valence-electron chi connectivity index (χ4n) is 2.79. The average Bonchev–Trinajstić information content (AvgIpc) is 2.38. The van der Waals surface area contributed by atoms with Crippen LogP contribution in [-0.4, -0.2) is 21.8 Å². The zero-order valence-electron chi connectivity index (χ0n) is 12.5. The third-order valence-electron chi connectivity index (χ3n) is 3.61. The van der Waals surface area contributed by atoms with Gasteiger partial charge in [0.1, 0.15) is 0 Å². The van der Waals surface area contributed by atoms with Crippen LogP contribution in [0.5, 0.6) is 0 Å². The van der Waals surface area contributed by atoms with Crippen LogP contribution >= 0.6 is 0 Å². The van der Waals surface area contributed by atoms with E-state index in [4.69, 9.17) is 0 Å². The first-order chi connectivity index (χ1) is 9.80. The summed E-state index contributed by atoms with van der Waals surface area (Å²) in [5.41, 5.74) is 2.91. The van der Waals surface area contributed by atoms with Crippen molar-refractivity contribution in [2.24, 2.45) is 0 Å². The van der Waals surface area contributed by atoms with Gasteiger partial charge >= 0.3 is 0 Å². The van der Waals surface area contributed by atoms with E-state index < -0.39 is 18.9 Å². The summed E-state index contributed by atoms with van der Waals surface area (Å²) in [5, 5.41) is 1.13. The van der Waals surface area contributed by atoms with Crippen molar-refractivity contribution < 1.29 is 13.0 Å². The molecule has 2 rings (SSSR count). The van der Waals surface area contributed by atoms with E-state index in [1.165, 1.54) is 6.07 Å². The average molecular weight is 320 g/mol. The van der Waals surface area contributed by atoms with Gasteiger partial charge in [0, 0.05) is 0 Å². The summed E-state index contributed by atoms with van der Waals surface area (Å²) < 4.78 is 32.9. The molecule has 112 valence electrons. The molecule has 0 saturated heterocycles. The first-order valence-electron chi connectivity index (χ1n) is 6.94. The highest BCUT2D eigenvalue weighted by Gasteiger charge is 2.21. The number of rotatable bonds is 4. The summed E-state index contributed by atoms with van der Waals surface area (Å²) in [7, 11) is -5.43. The molecular weight excluding hydrogens is 300 g/mol. The van der Waals surface area contributed by atoms with E-state index in [1.807, 2.05) is 37.3 Å². The third-order valence-corrected chi connectivity index (χ3v) is 6.51. The molecule has 0 aromatic heterocycles. The second-order valence-electron chi connectivity index (χ2n) is 5.56. The van der Waals surface area contributed by atoms with Crippen LogP contribution in [-0.2, 0) is 16.5 Å². The molecule has 2 aromatic carbocycles. The Morgan fingerprint density at radius 3 is 2.19 bits per heavy atom. The van der Waals surface area contributed by atoms with E-state index in [0.29, 0.717) is 6.42 Å². The van der Waals surface area contributed by atoms with Gasteiger partial charge in [-0.2, -0.15) is 8.42 Å². The van der Waals surface area contributed by atoms with Crippen LogP contribution in [0.2, 0.25) is 13.1 Å². The van der Waals surface area contributed by atoms with Gasteiger partial charge in [-0.15, -0.1) is 0 Å². The lowest BCUT2D eigenvalue weighted by Gasteiger charge is -2.18. The minimum atomic E-state index is -4.20. The van der Waals surface area contributed by atoms with Gasteiger partial charge in [-0.25, -0.2) is 0 Å². The summed E-state index contributed by atoms with van der Waals surface area (Å²) in [6.45, 7) is 6.35. The van der Waals surface area contributed by atoms with E-state index in [2.05, 4.69) is 13.1 Å². The predicted molar refractivity (Wildman–Crippen MR) is 88.8 cm³/mol. The number of hydrogen-bond donors (Lipinski definition) is 1. The second kappa shape index (κ2) is 6.13. The Balaban J connectivity index is 2.67. The number of aryl methyl sites for hydroxylation is 1. The topological polar surface area (TPSA) is 54.4 Å². The highest BCUT2D eigenvalue weighted by atomic mass is 32.2. The van der Waals surface area contributed by atoms with Gasteiger partial charge in [0.15, 0.2) is 0 Å². The fourth-order valence-corrected chi connectivity index (χ4v) is 5.59. The Kier molecular flexibility index (Phi) is 4.66. The van der Waals surface area contributed by atoms with Gasteiger partial charge in [0.25, 0.3) is 10.1 Å². The maximum absolute atomic E-state index is 11.7. The first-order valence-corrected chi connectivity index (χ1v) is 11.3. The van der Waals surface area contributed by atoms with Gasteiger partial charge < -0.3 is 0 Å². The van der Waals surface area contributed by atoms with Crippen molar-refractivity contribution in [2.75, 3.05) is 0 Å². The number of hydrogen-bond acceptors (Lipinski definition) is 2. The maximum atomic E-state index is 11.7. The molecule has 0 aliphatic rings. The molecule has 0 aliphatic heterocycles. The first kappa shape index (κ1) is 15.9. The maximum Gasteiger partial charge on any atom is 0.294 e. The molecule has 0 spiro atoms. The van der Waals surface area contributed by atoms with Gasteiger partial charge in [0.05, 0.1) is 13.7 Å². The van der Waals surface area contributed by atoms with Crippen molar-refractivity contribution in [1.29, 1.82) is 0 Å². The predicted octanol–water partition coefficient (Wildman–Crippen LogP) is 2.53. The second-order valence-corrected chi connectivity index (χ2v) is 9.84. The molecule has 21 heavy (non-hydrogen) atoms. The van der Waals surface area contributed by atoms with Crippen LogP contribution in [0, 0.1) is 6.92 Å².